The fraction of sp³-hybridized carbons (Fsp3) is 0.350. The van der Waals surface area contributed by atoms with Gasteiger partial charge in [-0.25, -0.2) is 4.39 Å². The molecule has 1 N–H and O–H groups in total. The fourth-order valence-corrected chi connectivity index (χ4v) is 2.81. The Labute approximate surface area is 143 Å². The van der Waals surface area contributed by atoms with Crippen molar-refractivity contribution in [2.24, 2.45) is 0 Å². The van der Waals surface area contributed by atoms with Crippen LogP contribution in [-0.2, 0) is 13.0 Å². The summed E-state index contributed by atoms with van der Waals surface area (Å²) >= 11 is 0. The Morgan fingerprint density at radius 2 is 2.00 bits per heavy atom. The van der Waals surface area contributed by atoms with Gasteiger partial charge in [0.1, 0.15) is 0 Å². The van der Waals surface area contributed by atoms with Crippen LogP contribution in [0.4, 0.5) is 4.39 Å². The highest BCUT2D eigenvalue weighted by molar-refractivity contribution is 5.74. The van der Waals surface area contributed by atoms with Crippen LogP contribution in [0.3, 0.4) is 0 Å². The van der Waals surface area contributed by atoms with Crippen LogP contribution in [0, 0.1) is 6.92 Å². The second-order valence-corrected chi connectivity index (χ2v) is 5.89. The van der Waals surface area contributed by atoms with Crippen LogP contribution in [0.2, 0.25) is 0 Å². The largest absolute Gasteiger partial charge is 0.319 e. The first kappa shape index (κ1) is 18.1. The first-order valence-electron chi connectivity index (χ1n) is 8.32. The van der Waals surface area contributed by atoms with Crippen molar-refractivity contribution in [3.63, 3.8) is 0 Å². The molecule has 0 aliphatic carbocycles. The van der Waals surface area contributed by atoms with Crippen LogP contribution in [-0.4, -0.2) is 23.4 Å². The Bertz CT molecular complexity index is 723. The Balaban J connectivity index is 2.45. The molecule has 0 fully saturated rings. The highest BCUT2D eigenvalue weighted by Crippen LogP contribution is 2.24. The molecule has 2 rings (SSSR count). The maximum atomic E-state index is 13.4. The van der Waals surface area contributed by atoms with Gasteiger partial charge in [-0.1, -0.05) is 36.4 Å². The van der Waals surface area contributed by atoms with Gasteiger partial charge in [-0.05, 0) is 45.0 Å². The topological polar surface area (TPSA) is 29.9 Å². The number of likely N-dealkylation sites (N-methyl/N-ethyl adjacent to an activating group) is 1. The summed E-state index contributed by atoms with van der Waals surface area (Å²) in [7, 11) is 1.95. The van der Waals surface area contributed by atoms with Gasteiger partial charge in [-0.3, -0.25) is 4.68 Å². The molecule has 2 aromatic rings. The zero-order valence-corrected chi connectivity index (χ0v) is 14.9. The quantitative estimate of drug-likeness (QED) is 0.769. The summed E-state index contributed by atoms with van der Waals surface area (Å²) in [6, 6.07) is 10.3. The van der Waals surface area contributed by atoms with Crippen molar-refractivity contribution in [2.75, 3.05) is 13.6 Å². The predicted octanol–water partition coefficient (Wildman–Crippen LogP) is 4.28. The predicted molar refractivity (Wildman–Crippen MR) is 98.7 cm³/mol. The zero-order chi connectivity index (χ0) is 17.5. The van der Waals surface area contributed by atoms with E-state index in [1.165, 1.54) is 18.2 Å². The summed E-state index contributed by atoms with van der Waals surface area (Å²) < 4.78 is 15.4. The molecule has 0 bridgehead atoms. The van der Waals surface area contributed by atoms with Gasteiger partial charge in [-0.15, -0.1) is 0 Å². The molecule has 0 saturated heterocycles. The van der Waals surface area contributed by atoms with Gasteiger partial charge in [0.2, 0.25) is 0 Å². The van der Waals surface area contributed by atoms with Crippen molar-refractivity contribution in [1.29, 1.82) is 0 Å². The third-order valence-corrected chi connectivity index (χ3v) is 4.05. The number of rotatable bonds is 7. The molecular formula is C20H26FN3. The second kappa shape index (κ2) is 8.60. The molecule has 0 saturated carbocycles. The molecule has 4 heteroatoms. The smallest absolute Gasteiger partial charge is 0.0975 e. The fourth-order valence-electron chi connectivity index (χ4n) is 2.81. The molecule has 0 radical (unpaired) electrons. The summed E-state index contributed by atoms with van der Waals surface area (Å²) in [6.07, 6.45) is 4.34. The average Bonchev–Trinajstić information content (AvgIpc) is 2.87. The van der Waals surface area contributed by atoms with Gasteiger partial charge in [0.15, 0.2) is 0 Å². The van der Waals surface area contributed by atoms with Gasteiger partial charge >= 0.3 is 0 Å². The Morgan fingerprint density at radius 1 is 1.29 bits per heavy atom. The van der Waals surface area contributed by atoms with E-state index in [4.69, 9.17) is 5.10 Å². The van der Waals surface area contributed by atoms with E-state index >= 15 is 0 Å². The third-order valence-electron chi connectivity index (χ3n) is 4.05. The molecule has 0 unspecified atom stereocenters. The lowest BCUT2D eigenvalue weighted by molar-refractivity contribution is 0.627. The number of nitrogens with one attached hydrogen (secondary N) is 1. The maximum Gasteiger partial charge on any atom is 0.0975 e. The second-order valence-electron chi connectivity index (χ2n) is 5.89. The minimum Gasteiger partial charge on any atom is -0.319 e. The van der Waals surface area contributed by atoms with E-state index in [1.807, 2.05) is 42.9 Å². The Hall–Kier alpha value is -2.20. The van der Waals surface area contributed by atoms with Crippen LogP contribution in [0.5, 0.6) is 0 Å². The molecule has 0 aliphatic heterocycles. The third kappa shape index (κ3) is 4.42. The Kier molecular flexibility index (Phi) is 6.50. The molecule has 0 aliphatic rings. The van der Waals surface area contributed by atoms with Gasteiger partial charge in [0.25, 0.3) is 0 Å². The summed E-state index contributed by atoms with van der Waals surface area (Å²) in [5, 5.41) is 7.98. The van der Waals surface area contributed by atoms with E-state index < -0.39 is 0 Å². The van der Waals surface area contributed by atoms with Crippen molar-refractivity contribution in [3.05, 3.63) is 70.8 Å². The summed E-state index contributed by atoms with van der Waals surface area (Å²) in [5.74, 6) is -0.211. The van der Waals surface area contributed by atoms with E-state index in [0.717, 1.165) is 36.3 Å². The minimum absolute atomic E-state index is 0.211. The molecule has 0 atom stereocenters. The van der Waals surface area contributed by atoms with Gasteiger partial charge in [0, 0.05) is 24.2 Å². The first-order chi connectivity index (χ1) is 11.6. The van der Waals surface area contributed by atoms with Crippen molar-refractivity contribution in [3.8, 4) is 0 Å². The highest BCUT2D eigenvalue weighted by atomic mass is 19.1. The molecular weight excluding hydrogens is 301 g/mol. The van der Waals surface area contributed by atoms with Crippen LogP contribution >= 0.6 is 0 Å². The van der Waals surface area contributed by atoms with Crippen molar-refractivity contribution in [1.82, 2.24) is 15.1 Å². The molecule has 128 valence electrons. The summed E-state index contributed by atoms with van der Waals surface area (Å²) in [5.41, 5.74) is 5.19. The lowest BCUT2D eigenvalue weighted by atomic mass is 10.0. The summed E-state index contributed by atoms with van der Waals surface area (Å²) in [6.45, 7) is 7.04. The lowest BCUT2D eigenvalue weighted by Crippen LogP contribution is -2.15. The number of nitrogens with zero attached hydrogens (tertiary/aromatic N) is 2. The molecule has 24 heavy (non-hydrogen) atoms. The molecule has 3 nitrogen and oxygen atoms in total. The number of aromatic nitrogens is 2. The number of halogens is 1. The van der Waals surface area contributed by atoms with Crippen LogP contribution in [0.15, 0.2) is 48.3 Å². The van der Waals surface area contributed by atoms with Crippen LogP contribution < -0.4 is 5.32 Å². The number of hydrogen-bond acceptors (Lipinski definition) is 2. The summed E-state index contributed by atoms with van der Waals surface area (Å²) in [4.78, 5) is 0. The number of benzene rings is 1. The SMILES string of the molecule is C/C=C(\C=C(/C)F)c1nn(Cc2ccccc2)c(CCNC)c1C. The van der Waals surface area contributed by atoms with E-state index in [9.17, 15) is 4.39 Å². The standard InChI is InChI=1S/C20H26FN3/c1-5-18(13-15(2)21)20-16(3)19(11-12-22-4)24(23-20)14-17-9-7-6-8-10-17/h5-10,13,22H,11-12,14H2,1-4H3/b15-13+,18-5+. The van der Waals surface area contributed by atoms with Crippen molar-refractivity contribution >= 4 is 5.57 Å². The maximum absolute atomic E-state index is 13.4. The van der Waals surface area contributed by atoms with Crippen LogP contribution in [0.1, 0.15) is 36.4 Å². The molecule has 1 aromatic carbocycles. The molecule has 1 aromatic heterocycles. The zero-order valence-electron chi connectivity index (χ0n) is 14.9. The van der Waals surface area contributed by atoms with Gasteiger partial charge in [0.05, 0.1) is 18.1 Å². The minimum atomic E-state index is -0.211. The van der Waals surface area contributed by atoms with E-state index in [-0.39, 0.29) is 5.83 Å². The molecule has 0 amide bonds. The van der Waals surface area contributed by atoms with Crippen molar-refractivity contribution in [2.45, 2.75) is 33.7 Å². The van der Waals surface area contributed by atoms with E-state index in [1.54, 1.807) is 6.08 Å². The van der Waals surface area contributed by atoms with Gasteiger partial charge in [-0.2, -0.15) is 5.10 Å². The number of allylic oxidation sites excluding steroid dienone is 4. The lowest BCUT2D eigenvalue weighted by Gasteiger charge is -2.08. The average molecular weight is 327 g/mol. The van der Waals surface area contributed by atoms with Crippen LogP contribution in [0.25, 0.3) is 5.57 Å². The van der Waals surface area contributed by atoms with E-state index in [2.05, 4.69) is 24.4 Å². The van der Waals surface area contributed by atoms with Gasteiger partial charge < -0.3 is 5.32 Å². The van der Waals surface area contributed by atoms with Crippen molar-refractivity contribution < 1.29 is 4.39 Å². The first-order valence-corrected chi connectivity index (χ1v) is 8.32. The highest BCUT2D eigenvalue weighted by Gasteiger charge is 2.16. The molecule has 1 heterocycles. The monoisotopic (exact) mass is 327 g/mol. The Morgan fingerprint density at radius 3 is 2.58 bits per heavy atom. The number of hydrogen-bond donors (Lipinski definition) is 1. The molecule has 0 spiro atoms. The normalized spacial score (nSPS) is 12.7. The van der Waals surface area contributed by atoms with E-state index in [0.29, 0.717) is 0 Å².